The molecule has 2 amide bonds. The lowest BCUT2D eigenvalue weighted by atomic mass is 10.0. The van der Waals surface area contributed by atoms with Crippen LogP contribution in [0, 0.1) is 0 Å². The Kier molecular flexibility index (Phi) is 6.93. The number of hydrogen-bond acceptors (Lipinski definition) is 5. The molecule has 0 spiro atoms. The summed E-state index contributed by atoms with van der Waals surface area (Å²) < 4.78 is 9.92. The van der Waals surface area contributed by atoms with Crippen LogP contribution in [-0.2, 0) is 20.7 Å². The van der Waals surface area contributed by atoms with Crippen LogP contribution in [0.25, 0.3) is 0 Å². The highest BCUT2D eigenvalue weighted by atomic mass is 16.5. The summed E-state index contributed by atoms with van der Waals surface area (Å²) in [5.41, 5.74) is 1.67. The lowest BCUT2D eigenvalue weighted by Gasteiger charge is -2.17. The number of esters is 1. The summed E-state index contributed by atoms with van der Waals surface area (Å²) >= 11 is 0. The van der Waals surface area contributed by atoms with Gasteiger partial charge in [-0.3, -0.25) is 9.59 Å². The molecule has 27 heavy (non-hydrogen) atoms. The van der Waals surface area contributed by atoms with Crippen LogP contribution >= 0.6 is 0 Å². The minimum Gasteiger partial charge on any atom is -0.497 e. The highest BCUT2D eigenvalue weighted by molar-refractivity contribution is 5.98. The molecule has 0 fully saturated rings. The van der Waals surface area contributed by atoms with Crippen LogP contribution in [0.15, 0.2) is 48.5 Å². The summed E-state index contributed by atoms with van der Waals surface area (Å²) in [6.45, 7) is 1.38. The Morgan fingerprint density at radius 3 is 2.33 bits per heavy atom. The number of carbonyl (C=O) groups excluding carboxylic acids is 3. The van der Waals surface area contributed by atoms with Gasteiger partial charge in [0.25, 0.3) is 5.91 Å². The molecule has 2 aromatic rings. The summed E-state index contributed by atoms with van der Waals surface area (Å²) in [7, 11) is 2.84. The molecule has 142 valence electrons. The van der Waals surface area contributed by atoms with Crippen LogP contribution in [0.5, 0.6) is 5.75 Å². The molecule has 0 saturated carbocycles. The molecular weight excluding hydrogens is 348 g/mol. The van der Waals surface area contributed by atoms with Crippen LogP contribution in [0.3, 0.4) is 0 Å². The van der Waals surface area contributed by atoms with E-state index in [4.69, 9.17) is 9.47 Å². The van der Waals surface area contributed by atoms with Gasteiger partial charge in [0.1, 0.15) is 11.8 Å². The van der Waals surface area contributed by atoms with Gasteiger partial charge in [0.05, 0.1) is 14.2 Å². The van der Waals surface area contributed by atoms with E-state index in [-0.39, 0.29) is 12.3 Å². The maximum atomic E-state index is 12.6. The second-order valence-corrected chi connectivity index (χ2v) is 5.86. The number of ether oxygens (including phenoxy) is 2. The zero-order valence-electron chi connectivity index (χ0n) is 15.4. The van der Waals surface area contributed by atoms with E-state index in [0.717, 1.165) is 5.56 Å². The Morgan fingerprint density at radius 2 is 1.74 bits per heavy atom. The van der Waals surface area contributed by atoms with E-state index >= 15 is 0 Å². The van der Waals surface area contributed by atoms with Gasteiger partial charge in [-0.25, -0.2) is 4.79 Å². The van der Waals surface area contributed by atoms with Gasteiger partial charge in [-0.1, -0.05) is 18.2 Å². The quantitative estimate of drug-likeness (QED) is 0.729. The van der Waals surface area contributed by atoms with Crippen molar-refractivity contribution in [3.05, 3.63) is 59.7 Å². The molecule has 0 radical (unpaired) electrons. The lowest BCUT2D eigenvalue weighted by molar-refractivity contribution is -0.142. The fraction of sp³-hybridized carbons (Fsp3) is 0.250. The molecule has 2 aromatic carbocycles. The van der Waals surface area contributed by atoms with E-state index < -0.39 is 17.9 Å². The van der Waals surface area contributed by atoms with E-state index in [1.54, 1.807) is 43.5 Å². The molecule has 0 aliphatic carbocycles. The highest BCUT2D eigenvalue weighted by Crippen LogP contribution is 2.14. The Bertz CT molecular complexity index is 817. The van der Waals surface area contributed by atoms with Crippen LogP contribution in [0.2, 0.25) is 0 Å². The number of methoxy groups -OCH3 is 2. The SMILES string of the molecule is COC(=O)[C@H](Cc1ccc(OC)cc1)NC(=O)c1cccc(NC(C)=O)c1. The first kappa shape index (κ1) is 20.0. The van der Waals surface area contributed by atoms with Gasteiger partial charge >= 0.3 is 5.97 Å². The van der Waals surface area contributed by atoms with Crippen molar-refractivity contribution < 1.29 is 23.9 Å². The summed E-state index contributed by atoms with van der Waals surface area (Å²) in [6, 6.07) is 12.8. The number of carbonyl (C=O) groups is 3. The normalized spacial score (nSPS) is 11.2. The zero-order valence-corrected chi connectivity index (χ0v) is 15.4. The highest BCUT2D eigenvalue weighted by Gasteiger charge is 2.23. The minimum absolute atomic E-state index is 0.237. The van der Waals surface area contributed by atoms with E-state index in [9.17, 15) is 14.4 Å². The Hall–Kier alpha value is -3.35. The number of hydrogen-bond donors (Lipinski definition) is 2. The van der Waals surface area contributed by atoms with Gasteiger partial charge in [-0.05, 0) is 35.9 Å². The maximum Gasteiger partial charge on any atom is 0.328 e. The molecule has 2 rings (SSSR count). The molecule has 0 saturated heterocycles. The molecule has 0 unspecified atom stereocenters. The zero-order chi connectivity index (χ0) is 19.8. The molecule has 0 bridgehead atoms. The fourth-order valence-electron chi connectivity index (χ4n) is 2.52. The monoisotopic (exact) mass is 370 g/mol. The predicted octanol–water partition coefficient (Wildman–Crippen LogP) is 2.17. The van der Waals surface area contributed by atoms with Crippen molar-refractivity contribution in [2.45, 2.75) is 19.4 Å². The van der Waals surface area contributed by atoms with Gasteiger partial charge in [-0.15, -0.1) is 0 Å². The molecule has 0 aliphatic rings. The first-order valence-corrected chi connectivity index (χ1v) is 8.32. The number of rotatable bonds is 7. The van der Waals surface area contributed by atoms with Gasteiger partial charge in [0.2, 0.25) is 5.91 Å². The number of benzene rings is 2. The Morgan fingerprint density at radius 1 is 1.04 bits per heavy atom. The maximum absolute atomic E-state index is 12.6. The molecule has 0 aliphatic heterocycles. The van der Waals surface area contributed by atoms with Crippen LogP contribution in [0.4, 0.5) is 5.69 Å². The summed E-state index contributed by atoms with van der Waals surface area (Å²) in [6.07, 6.45) is 0.272. The average Bonchev–Trinajstić information content (AvgIpc) is 2.67. The standard InChI is InChI=1S/C20H22N2O5/c1-13(23)21-16-6-4-5-15(12-16)19(24)22-18(20(25)27-3)11-14-7-9-17(26-2)10-8-14/h4-10,12,18H,11H2,1-3H3,(H,21,23)(H,22,24)/t18-/m0/s1. The van der Waals surface area contributed by atoms with E-state index in [2.05, 4.69) is 10.6 Å². The largest absolute Gasteiger partial charge is 0.497 e. The van der Waals surface area contributed by atoms with Crippen LogP contribution in [0.1, 0.15) is 22.8 Å². The van der Waals surface area contributed by atoms with Gasteiger partial charge in [0.15, 0.2) is 0 Å². The molecule has 0 heterocycles. The second-order valence-electron chi connectivity index (χ2n) is 5.86. The van der Waals surface area contributed by atoms with Crippen LogP contribution < -0.4 is 15.4 Å². The molecule has 2 N–H and O–H groups in total. The predicted molar refractivity (Wildman–Crippen MR) is 101 cm³/mol. The minimum atomic E-state index is -0.847. The average molecular weight is 370 g/mol. The summed E-state index contributed by atoms with van der Waals surface area (Å²) in [4.78, 5) is 35.8. The molecular formula is C20H22N2O5. The molecule has 1 atom stereocenters. The molecule has 7 heteroatoms. The molecule has 0 aromatic heterocycles. The number of nitrogens with one attached hydrogen (secondary N) is 2. The van der Waals surface area contributed by atoms with Gasteiger partial charge < -0.3 is 20.1 Å². The van der Waals surface area contributed by atoms with Crippen LogP contribution in [-0.4, -0.2) is 38.0 Å². The van der Waals surface area contributed by atoms with Gasteiger partial charge in [-0.2, -0.15) is 0 Å². The van der Waals surface area contributed by atoms with Crippen molar-refractivity contribution in [3.8, 4) is 5.75 Å². The van der Waals surface area contributed by atoms with E-state index in [0.29, 0.717) is 17.0 Å². The number of anilines is 1. The second kappa shape index (κ2) is 9.38. The third-order valence-electron chi connectivity index (χ3n) is 3.84. The van der Waals surface area contributed by atoms with Crippen molar-refractivity contribution in [1.82, 2.24) is 5.32 Å². The van der Waals surface area contributed by atoms with Crippen molar-refractivity contribution in [1.29, 1.82) is 0 Å². The van der Waals surface area contributed by atoms with Crippen molar-refractivity contribution in [2.75, 3.05) is 19.5 Å². The lowest BCUT2D eigenvalue weighted by Crippen LogP contribution is -2.43. The molecule has 7 nitrogen and oxygen atoms in total. The van der Waals surface area contributed by atoms with E-state index in [1.165, 1.54) is 14.0 Å². The Labute approximate surface area is 157 Å². The summed E-state index contributed by atoms with van der Waals surface area (Å²) in [5, 5.41) is 5.30. The van der Waals surface area contributed by atoms with Crippen molar-refractivity contribution in [2.24, 2.45) is 0 Å². The first-order valence-electron chi connectivity index (χ1n) is 8.32. The Balaban J connectivity index is 2.13. The smallest absolute Gasteiger partial charge is 0.328 e. The summed E-state index contributed by atoms with van der Waals surface area (Å²) in [5.74, 6) is -0.519. The third kappa shape index (κ3) is 5.85. The van der Waals surface area contributed by atoms with Gasteiger partial charge in [0, 0.05) is 24.6 Å². The van der Waals surface area contributed by atoms with Crippen molar-refractivity contribution in [3.63, 3.8) is 0 Å². The topological polar surface area (TPSA) is 93.7 Å². The first-order chi connectivity index (χ1) is 12.9. The number of amides is 2. The van der Waals surface area contributed by atoms with E-state index in [1.807, 2.05) is 12.1 Å². The fourth-order valence-corrected chi connectivity index (χ4v) is 2.52. The third-order valence-corrected chi connectivity index (χ3v) is 3.84. The van der Waals surface area contributed by atoms with Crippen molar-refractivity contribution >= 4 is 23.5 Å².